The highest BCUT2D eigenvalue weighted by molar-refractivity contribution is 5.67. The largest absolute Gasteiger partial charge is 0.445 e. The van der Waals surface area contributed by atoms with E-state index in [4.69, 9.17) is 23.7 Å². The van der Waals surface area contributed by atoms with E-state index >= 15 is 0 Å². The lowest BCUT2D eigenvalue weighted by Gasteiger charge is -2.26. The molecule has 5 atom stereocenters. The van der Waals surface area contributed by atoms with E-state index in [2.05, 4.69) is 5.32 Å². The van der Waals surface area contributed by atoms with E-state index in [0.717, 1.165) is 12.0 Å². The van der Waals surface area contributed by atoms with Crippen LogP contribution in [0.1, 0.15) is 39.2 Å². The van der Waals surface area contributed by atoms with Crippen LogP contribution in [0.4, 0.5) is 4.79 Å². The van der Waals surface area contributed by atoms with Crippen LogP contribution in [0.3, 0.4) is 0 Å². The van der Waals surface area contributed by atoms with Crippen molar-refractivity contribution in [3.8, 4) is 0 Å². The Morgan fingerprint density at radius 3 is 2.59 bits per heavy atom. The number of carbonyl (C=O) groups excluding carboxylic acids is 1. The zero-order chi connectivity index (χ0) is 19.4. The highest BCUT2D eigenvalue weighted by atomic mass is 16.8. The van der Waals surface area contributed by atoms with Crippen LogP contribution in [0.5, 0.6) is 0 Å². The Labute approximate surface area is 160 Å². The second kappa shape index (κ2) is 8.56. The molecule has 150 valence electrons. The Morgan fingerprint density at radius 2 is 1.93 bits per heavy atom. The van der Waals surface area contributed by atoms with Gasteiger partial charge >= 0.3 is 6.09 Å². The van der Waals surface area contributed by atoms with Gasteiger partial charge in [-0.3, -0.25) is 0 Å². The van der Waals surface area contributed by atoms with Gasteiger partial charge in [-0.2, -0.15) is 0 Å². The van der Waals surface area contributed by atoms with E-state index in [-0.39, 0.29) is 31.0 Å². The Kier molecular flexibility index (Phi) is 6.37. The van der Waals surface area contributed by atoms with E-state index in [1.54, 1.807) is 7.11 Å². The van der Waals surface area contributed by atoms with E-state index in [1.165, 1.54) is 0 Å². The fourth-order valence-electron chi connectivity index (χ4n) is 3.56. The maximum absolute atomic E-state index is 12.2. The number of nitrogens with one attached hydrogen (secondary N) is 1. The molecule has 0 bridgehead atoms. The number of carbonyl (C=O) groups is 1. The van der Waals surface area contributed by atoms with Gasteiger partial charge in [0.15, 0.2) is 12.1 Å². The maximum Gasteiger partial charge on any atom is 0.407 e. The Hall–Kier alpha value is -1.67. The molecule has 2 heterocycles. The van der Waals surface area contributed by atoms with E-state index in [1.807, 2.05) is 51.1 Å². The van der Waals surface area contributed by atoms with Crippen molar-refractivity contribution in [1.82, 2.24) is 5.32 Å². The quantitative estimate of drug-likeness (QED) is 0.785. The summed E-state index contributed by atoms with van der Waals surface area (Å²) in [6.45, 7) is 6.01. The fraction of sp³-hybridized carbons (Fsp3) is 0.650. The van der Waals surface area contributed by atoms with Crippen molar-refractivity contribution in [1.29, 1.82) is 0 Å². The lowest BCUT2D eigenvalue weighted by atomic mass is 10.0. The molecule has 1 N–H and O–H groups in total. The van der Waals surface area contributed by atoms with Gasteiger partial charge in [0.05, 0.1) is 6.10 Å². The van der Waals surface area contributed by atoms with Crippen molar-refractivity contribution >= 4 is 6.09 Å². The molecule has 1 unspecified atom stereocenters. The topological polar surface area (TPSA) is 75.3 Å². The molecule has 1 aromatic rings. The summed E-state index contributed by atoms with van der Waals surface area (Å²) in [5.74, 6) is -0.669. The van der Waals surface area contributed by atoms with Crippen LogP contribution < -0.4 is 5.32 Å². The number of methoxy groups -OCH3 is 1. The number of rotatable bonds is 7. The third-order valence-electron chi connectivity index (χ3n) is 4.88. The van der Waals surface area contributed by atoms with Crippen LogP contribution in [0.15, 0.2) is 30.3 Å². The predicted molar refractivity (Wildman–Crippen MR) is 98.0 cm³/mol. The van der Waals surface area contributed by atoms with Gasteiger partial charge in [-0.15, -0.1) is 0 Å². The number of hydrogen-bond acceptors (Lipinski definition) is 6. The molecule has 7 heteroatoms. The summed E-state index contributed by atoms with van der Waals surface area (Å²) < 4.78 is 28.6. The van der Waals surface area contributed by atoms with Crippen LogP contribution in [-0.2, 0) is 30.3 Å². The summed E-state index contributed by atoms with van der Waals surface area (Å²) in [7, 11) is 1.59. The minimum atomic E-state index is -0.669. The third-order valence-corrected chi connectivity index (χ3v) is 4.88. The first-order valence-corrected chi connectivity index (χ1v) is 9.43. The lowest BCUT2D eigenvalue weighted by Crippen LogP contribution is -2.40. The highest BCUT2D eigenvalue weighted by Crippen LogP contribution is 2.40. The molecular weight excluding hydrogens is 350 g/mol. The summed E-state index contributed by atoms with van der Waals surface area (Å²) >= 11 is 0. The number of ether oxygens (including phenoxy) is 5. The SMILES string of the molecule is CC[C@@H](C[C@H]1O[C@@H](OC)[C@H]2OC(C)(C)OC12)NC(=O)OCc1ccccc1. The molecule has 0 radical (unpaired) electrons. The second-order valence-electron chi connectivity index (χ2n) is 7.39. The number of hydrogen-bond donors (Lipinski definition) is 1. The summed E-state index contributed by atoms with van der Waals surface area (Å²) in [6.07, 6.45) is -0.270. The summed E-state index contributed by atoms with van der Waals surface area (Å²) in [5.41, 5.74) is 0.948. The molecule has 1 aromatic carbocycles. The molecule has 0 aromatic heterocycles. The van der Waals surface area contributed by atoms with E-state index in [9.17, 15) is 4.79 Å². The van der Waals surface area contributed by atoms with Crippen LogP contribution >= 0.6 is 0 Å². The van der Waals surface area contributed by atoms with Crippen molar-refractivity contribution in [3.05, 3.63) is 35.9 Å². The van der Waals surface area contributed by atoms with Crippen molar-refractivity contribution in [2.24, 2.45) is 0 Å². The smallest absolute Gasteiger partial charge is 0.407 e. The zero-order valence-electron chi connectivity index (χ0n) is 16.3. The minimum Gasteiger partial charge on any atom is -0.445 e. The molecule has 2 aliphatic heterocycles. The molecule has 3 rings (SSSR count). The standard InChI is InChI=1S/C20H29NO6/c1-5-14(21-19(22)24-12-13-9-7-6-8-10-13)11-15-16-17(18(23-4)25-15)27-20(2,3)26-16/h6-10,14-18H,5,11-12H2,1-4H3,(H,21,22)/t14-,15+,16?,17-,18+/m0/s1. The van der Waals surface area contributed by atoms with Gasteiger partial charge in [-0.1, -0.05) is 37.3 Å². The highest BCUT2D eigenvalue weighted by Gasteiger charge is 2.55. The van der Waals surface area contributed by atoms with Gasteiger partial charge in [-0.05, 0) is 32.3 Å². The monoisotopic (exact) mass is 379 g/mol. The molecule has 2 aliphatic rings. The summed E-state index contributed by atoms with van der Waals surface area (Å²) in [5, 5.41) is 2.92. The zero-order valence-corrected chi connectivity index (χ0v) is 16.3. The van der Waals surface area contributed by atoms with Crippen LogP contribution in [0.25, 0.3) is 0 Å². The molecular formula is C20H29NO6. The normalized spacial score (nSPS) is 29.9. The first-order valence-electron chi connectivity index (χ1n) is 9.43. The van der Waals surface area contributed by atoms with Gasteiger partial charge in [-0.25, -0.2) is 4.79 Å². The van der Waals surface area contributed by atoms with Crippen molar-refractivity contribution < 1.29 is 28.5 Å². The molecule has 27 heavy (non-hydrogen) atoms. The molecule has 2 fully saturated rings. The number of benzene rings is 1. The van der Waals surface area contributed by atoms with Crippen LogP contribution in [0, 0.1) is 0 Å². The maximum atomic E-state index is 12.2. The second-order valence-corrected chi connectivity index (χ2v) is 7.39. The first kappa shape index (κ1) is 20.1. The molecule has 0 spiro atoms. The van der Waals surface area contributed by atoms with Gasteiger partial charge < -0.3 is 29.0 Å². The fourth-order valence-corrected chi connectivity index (χ4v) is 3.56. The number of alkyl carbamates (subject to hydrolysis) is 1. The Bertz CT molecular complexity index is 622. The predicted octanol–water partition coefficient (Wildman–Crippen LogP) is 2.97. The van der Waals surface area contributed by atoms with Gasteiger partial charge in [0, 0.05) is 13.2 Å². The average molecular weight is 379 g/mol. The van der Waals surface area contributed by atoms with Crippen LogP contribution in [-0.4, -0.2) is 49.6 Å². The van der Waals surface area contributed by atoms with Gasteiger partial charge in [0.25, 0.3) is 0 Å². The van der Waals surface area contributed by atoms with Crippen LogP contribution in [0.2, 0.25) is 0 Å². The van der Waals surface area contributed by atoms with E-state index in [0.29, 0.717) is 6.42 Å². The molecule has 0 saturated carbocycles. The van der Waals surface area contributed by atoms with Crippen molar-refractivity contribution in [3.63, 3.8) is 0 Å². The first-order chi connectivity index (χ1) is 12.9. The summed E-state index contributed by atoms with van der Waals surface area (Å²) in [4.78, 5) is 12.2. The Morgan fingerprint density at radius 1 is 1.22 bits per heavy atom. The molecule has 2 saturated heterocycles. The Balaban J connectivity index is 1.52. The van der Waals surface area contributed by atoms with Crippen molar-refractivity contribution in [2.45, 2.75) is 76.7 Å². The number of amides is 1. The lowest BCUT2D eigenvalue weighted by molar-refractivity contribution is -0.228. The van der Waals surface area contributed by atoms with E-state index < -0.39 is 18.2 Å². The van der Waals surface area contributed by atoms with Gasteiger partial charge in [0.1, 0.15) is 18.8 Å². The summed E-state index contributed by atoms with van der Waals surface area (Å²) in [6, 6.07) is 9.49. The molecule has 0 aliphatic carbocycles. The molecule has 7 nitrogen and oxygen atoms in total. The minimum absolute atomic E-state index is 0.0955. The van der Waals surface area contributed by atoms with Gasteiger partial charge in [0.2, 0.25) is 0 Å². The number of fused-ring (bicyclic) bond motifs is 1. The third kappa shape index (κ3) is 4.99. The average Bonchev–Trinajstić information content (AvgIpc) is 3.13. The van der Waals surface area contributed by atoms with Crippen molar-refractivity contribution in [2.75, 3.05) is 7.11 Å². The molecule has 1 amide bonds.